The molecule has 0 saturated heterocycles. The molecule has 1 aromatic carbocycles. The van der Waals surface area contributed by atoms with Crippen LogP contribution in [0.1, 0.15) is 16.1 Å². The van der Waals surface area contributed by atoms with Crippen molar-refractivity contribution in [3.8, 4) is 5.75 Å². The molecule has 0 aliphatic carbocycles. The summed E-state index contributed by atoms with van der Waals surface area (Å²) in [6.07, 6.45) is 0. The number of aryl methyl sites for hydroxylation is 1. The lowest BCUT2D eigenvalue weighted by molar-refractivity contribution is 0.0950. The molecule has 0 unspecified atom stereocenters. The van der Waals surface area contributed by atoms with Gasteiger partial charge in [0.1, 0.15) is 10.1 Å². The molecular formula is C13H15N3O2S2. The molecule has 7 heteroatoms. The van der Waals surface area contributed by atoms with Crippen molar-refractivity contribution in [1.29, 1.82) is 0 Å². The predicted molar refractivity (Wildman–Crippen MR) is 81.2 cm³/mol. The first-order chi connectivity index (χ1) is 9.70. The molecule has 1 aromatic heterocycles. The summed E-state index contributed by atoms with van der Waals surface area (Å²) >= 11 is 3.26. The second-order valence-electron chi connectivity index (χ2n) is 3.92. The first-order valence-electron chi connectivity index (χ1n) is 5.98. The average Bonchev–Trinajstić information content (AvgIpc) is 2.89. The number of carbonyl (C=O) groups excluding carboxylic acids is 1. The van der Waals surface area contributed by atoms with E-state index in [0.29, 0.717) is 17.9 Å². The highest BCUT2D eigenvalue weighted by Gasteiger charge is 2.10. The van der Waals surface area contributed by atoms with E-state index in [2.05, 4.69) is 10.4 Å². The second kappa shape index (κ2) is 7.28. The maximum atomic E-state index is 11.6. The van der Waals surface area contributed by atoms with Crippen LogP contribution in [0.3, 0.4) is 0 Å². The molecule has 1 amide bonds. The molecule has 0 fully saturated rings. The zero-order valence-corrected chi connectivity index (χ0v) is 12.6. The molecule has 2 rings (SSSR count). The van der Waals surface area contributed by atoms with Gasteiger partial charge in [0, 0.05) is 16.8 Å². The molecule has 0 aliphatic heterocycles. The average molecular weight is 309 g/mol. The topological polar surface area (TPSA) is 77.2 Å². The van der Waals surface area contributed by atoms with Gasteiger partial charge in [0.15, 0.2) is 0 Å². The minimum absolute atomic E-state index is 0.358. The Labute approximate surface area is 125 Å². The molecule has 0 bridgehead atoms. The van der Waals surface area contributed by atoms with Gasteiger partial charge >= 0.3 is 0 Å². The van der Waals surface area contributed by atoms with Crippen LogP contribution < -0.4 is 16.0 Å². The number of para-hydroxylation sites is 1. The van der Waals surface area contributed by atoms with Crippen molar-refractivity contribution in [2.45, 2.75) is 11.3 Å². The summed E-state index contributed by atoms with van der Waals surface area (Å²) in [5.41, 5.74) is 3.57. The second-order valence-corrected chi connectivity index (χ2v) is 6.12. The Bertz CT molecular complexity index is 587. The summed E-state index contributed by atoms with van der Waals surface area (Å²) in [5.74, 6) is 6.09. The largest absolute Gasteiger partial charge is 0.492 e. The van der Waals surface area contributed by atoms with Crippen LogP contribution in [-0.2, 0) is 0 Å². The summed E-state index contributed by atoms with van der Waals surface area (Å²) in [4.78, 5) is 15.9. The smallest absolute Gasteiger partial charge is 0.268 e. The van der Waals surface area contributed by atoms with Crippen LogP contribution in [0.2, 0.25) is 0 Å². The third-order valence-electron chi connectivity index (χ3n) is 2.43. The first-order valence-corrected chi connectivity index (χ1v) is 7.85. The number of hydrazine groups is 1. The number of rotatable bonds is 6. The fraction of sp³-hybridized carbons (Fsp3) is 0.231. The zero-order valence-electron chi connectivity index (χ0n) is 11.0. The quantitative estimate of drug-likeness (QED) is 0.281. The van der Waals surface area contributed by atoms with E-state index in [1.807, 2.05) is 18.4 Å². The molecule has 3 N–H and O–H groups in total. The van der Waals surface area contributed by atoms with Crippen LogP contribution in [0.25, 0.3) is 0 Å². The minimum Gasteiger partial charge on any atom is -0.492 e. The van der Waals surface area contributed by atoms with Gasteiger partial charge in [0.2, 0.25) is 0 Å². The number of hydrogen-bond acceptors (Lipinski definition) is 6. The van der Waals surface area contributed by atoms with Crippen LogP contribution in [-0.4, -0.2) is 23.3 Å². The fourth-order valence-electron chi connectivity index (χ4n) is 1.54. The molecule has 0 aliphatic rings. The van der Waals surface area contributed by atoms with Crippen LogP contribution in [0.15, 0.2) is 34.0 Å². The number of aromatic nitrogens is 1. The number of carbonyl (C=O) groups is 1. The van der Waals surface area contributed by atoms with Gasteiger partial charge < -0.3 is 4.74 Å². The molecule has 0 radical (unpaired) electrons. The summed E-state index contributed by atoms with van der Waals surface area (Å²) in [6, 6.07) is 7.02. The Hall–Kier alpha value is -1.57. The van der Waals surface area contributed by atoms with Gasteiger partial charge in [-0.3, -0.25) is 10.2 Å². The van der Waals surface area contributed by atoms with Gasteiger partial charge in [0.05, 0.1) is 12.2 Å². The Morgan fingerprint density at radius 1 is 1.50 bits per heavy atom. The van der Waals surface area contributed by atoms with E-state index in [-0.39, 0.29) is 5.91 Å². The molecule has 1 heterocycles. The van der Waals surface area contributed by atoms with Gasteiger partial charge in [-0.2, -0.15) is 0 Å². The van der Waals surface area contributed by atoms with Crippen LogP contribution >= 0.6 is 23.1 Å². The third-order valence-corrected chi connectivity index (χ3v) is 4.53. The summed E-state index contributed by atoms with van der Waals surface area (Å²) in [7, 11) is 0. The number of nitrogens with zero attached hydrogens (tertiary/aromatic N) is 1. The van der Waals surface area contributed by atoms with E-state index < -0.39 is 0 Å². The lowest BCUT2D eigenvalue weighted by Gasteiger charge is -2.09. The highest BCUT2D eigenvalue weighted by atomic mass is 32.2. The number of benzene rings is 1. The Morgan fingerprint density at radius 2 is 2.30 bits per heavy atom. The van der Waals surface area contributed by atoms with Crippen molar-refractivity contribution in [1.82, 2.24) is 10.4 Å². The number of nitrogen functional groups attached to an aromatic ring is 1. The van der Waals surface area contributed by atoms with E-state index in [1.54, 1.807) is 41.3 Å². The molecule has 106 valence electrons. The number of ether oxygens (including phenoxy) is 1. The van der Waals surface area contributed by atoms with Crippen molar-refractivity contribution in [2.75, 3.05) is 12.4 Å². The van der Waals surface area contributed by atoms with Gasteiger partial charge in [-0.25, -0.2) is 10.8 Å². The van der Waals surface area contributed by atoms with Gasteiger partial charge in [-0.05, 0) is 19.1 Å². The van der Waals surface area contributed by atoms with E-state index in [0.717, 1.165) is 15.8 Å². The molecule has 0 spiro atoms. The maximum Gasteiger partial charge on any atom is 0.268 e. The van der Waals surface area contributed by atoms with Crippen molar-refractivity contribution < 1.29 is 9.53 Å². The summed E-state index contributed by atoms with van der Waals surface area (Å²) in [5, 5.41) is 2.02. The zero-order chi connectivity index (χ0) is 14.4. The van der Waals surface area contributed by atoms with Crippen LogP contribution in [0, 0.1) is 6.92 Å². The van der Waals surface area contributed by atoms with E-state index in [4.69, 9.17) is 10.6 Å². The summed E-state index contributed by atoms with van der Waals surface area (Å²) in [6.45, 7) is 2.47. The van der Waals surface area contributed by atoms with Crippen molar-refractivity contribution in [3.05, 3.63) is 40.9 Å². The number of amides is 1. The van der Waals surface area contributed by atoms with Gasteiger partial charge in [-0.1, -0.05) is 23.9 Å². The molecule has 5 nitrogen and oxygen atoms in total. The third kappa shape index (κ3) is 3.96. The number of nitrogens with one attached hydrogen (secondary N) is 1. The predicted octanol–water partition coefficient (Wildman–Crippen LogP) is 2.23. The Balaban J connectivity index is 1.86. The van der Waals surface area contributed by atoms with E-state index >= 15 is 0 Å². The number of thiazole rings is 1. The van der Waals surface area contributed by atoms with Crippen molar-refractivity contribution in [2.24, 2.45) is 5.84 Å². The maximum absolute atomic E-state index is 11.6. The van der Waals surface area contributed by atoms with Crippen molar-refractivity contribution >= 4 is 29.0 Å². The molecule has 20 heavy (non-hydrogen) atoms. The monoisotopic (exact) mass is 309 g/mol. The standard InChI is InChI=1S/C13H15N3O2S2/c1-9-8-20-13(15-9)19-7-6-18-11-5-3-2-4-10(11)12(17)16-14/h2-5,8H,6-7,14H2,1H3,(H,16,17). The lowest BCUT2D eigenvalue weighted by Crippen LogP contribution is -2.30. The molecular weight excluding hydrogens is 294 g/mol. The normalized spacial score (nSPS) is 10.3. The van der Waals surface area contributed by atoms with Crippen LogP contribution in [0.5, 0.6) is 5.75 Å². The van der Waals surface area contributed by atoms with Crippen molar-refractivity contribution in [3.63, 3.8) is 0 Å². The Morgan fingerprint density at radius 3 is 3.00 bits per heavy atom. The van der Waals surface area contributed by atoms with Gasteiger partial charge in [0.25, 0.3) is 5.91 Å². The van der Waals surface area contributed by atoms with E-state index in [1.165, 1.54) is 0 Å². The molecule has 2 aromatic rings. The summed E-state index contributed by atoms with van der Waals surface area (Å²) < 4.78 is 6.66. The minimum atomic E-state index is -0.358. The number of nitrogens with two attached hydrogens (primary N) is 1. The highest BCUT2D eigenvalue weighted by molar-refractivity contribution is 8.01. The molecule has 0 saturated carbocycles. The Kier molecular flexibility index (Phi) is 5.40. The van der Waals surface area contributed by atoms with Crippen LogP contribution in [0.4, 0.5) is 0 Å². The van der Waals surface area contributed by atoms with Gasteiger partial charge in [-0.15, -0.1) is 11.3 Å². The number of thioether (sulfide) groups is 1. The van der Waals surface area contributed by atoms with E-state index in [9.17, 15) is 4.79 Å². The SMILES string of the molecule is Cc1csc(SCCOc2ccccc2C(=O)NN)n1. The lowest BCUT2D eigenvalue weighted by atomic mass is 10.2. The highest BCUT2D eigenvalue weighted by Crippen LogP contribution is 2.23. The first kappa shape index (κ1) is 14.8. The molecule has 0 atom stereocenters. The number of hydrogen-bond donors (Lipinski definition) is 2. The fourth-order valence-corrected chi connectivity index (χ4v) is 3.27.